The lowest BCUT2D eigenvalue weighted by molar-refractivity contribution is 1.18. The first kappa shape index (κ1) is 29.9. The van der Waals surface area contributed by atoms with Crippen molar-refractivity contribution in [2.75, 3.05) is 0 Å². The summed E-state index contributed by atoms with van der Waals surface area (Å²) in [5, 5.41) is 0. The Morgan fingerprint density at radius 3 is 1.24 bits per heavy atom. The molecule has 8 aromatic rings. The summed E-state index contributed by atoms with van der Waals surface area (Å²) < 4.78 is 0. The third-order valence-electron chi connectivity index (χ3n) is 8.74. The highest BCUT2D eigenvalue weighted by molar-refractivity contribution is 5.85. The van der Waals surface area contributed by atoms with Crippen LogP contribution in [0.15, 0.2) is 176 Å². The Hall–Kier alpha value is -6.52. The van der Waals surface area contributed by atoms with Gasteiger partial charge in [-0.25, -0.2) is 15.0 Å². The van der Waals surface area contributed by atoms with Gasteiger partial charge in [-0.15, -0.1) is 0 Å². The number of nitrogens with zero attached hydrogens (tertiary/aromatic N) is 4. The molecule has 3 heterocycles. The third kappa shape index (κ3) is 6.53. The van der Waals surface area contributed by atoms with Gasteiger partial charge < -0.3 is 0 Å². The topological polar surface area (TPSA) is 51.6 Å². The number of pyridine rings is 2. The van der Waals surface area contributed by atoms with E-state index in [0.717, 1.165) is 78.3 Å². The first-order chi connectivity index (χ1) is 24.2. The summed E-state index contributed by atoms with van der Waals surface area (Å²) in [6, 6.07) is 55.3. The maximum Gasteiger partial charge on any atom is 0.159 e. The fraction of sp³-hybridized carbons (Fsp3) is 0.0222. The molecule has 0 saturated carbocycles. The van der Waals surface area contributed by atoms with Crippen molar-refractivity contribution in [2.24, 2.45) is 0 Å². The molecule has 0 aliphatic carbocycles. The van der Waals surface area contributed by atoms with Gasteiger partial charge in [0.1, 0.15) is 0 Å². The first-order valence-electron chi connectivity index (χ1n) is 16.4. The molecule has 0 aliphatic heterocycles. The van der Waals surface area contributed by atoms with Crippen molar-refractivity contribution in [1.82, 2.24) is 19.9 Å². The molecule has 0 bridgehead atoms. The van der Waals surface area contributed by atoms with Gasteiger partial charge in [0.15, 0.2) is 5.82 Å². The summed E-state index contributed by atoms with van der Waals surface area (Å²) in [6.45, 7) is 2.01. The van der Waals surface area contributed by atoms with Gasteiger partial charge in [-0.3, -0.25) is 4.98 Å². The van der Waals surface area contributed by atoms with Crippen molar-refractivity contribution in [1.29, 1.82) is 0 Å². The van der Waals surface area contributed by atoms with E-state index in [1.54, 1.807) is 12.4 Å². The number of aryl methyl sites for hydroxylation is 1. The second kappa shape index (κ2) is 13.3. The van der Waals surface area contributed by atoms with Gasteiger partial charge in [0.05, 0.1) is 11.4 Å². The van der Waals surface area contributed by atoms with Crippen molar-refractivity contribution in [3.05, 3.63) is 182 Å². The molecule has 4 nitrogen and oxygen atoms in total. The Labute approximate surface area is 286 Å². The third-order valence-corrected chi connectivity index (χ3v) is 8.74. The van der Waals surface area contributed by atoms with Crippen LogP contribution >= 0.6 is 0 Å². The van der Waals surface area contributed by atoms with E-state index in [0.29, 0.717) is 5.82 Å². The Bertz CT molecular complexity index is 2280. The summed E-state index contributed by atoms with van der Waals surface area (Å²) in [5.41, 5.74) is 15.0. The molecule has 0 radical (unpaired) electrons. The highest BCUT2D eigenvalue weighted by atomic mass is 14.8. The van der Waals surface area contributed by atoms with Gasteiger partial charge in [-0.05, 0) is 88.3 Å². The van der Waals surface area contributed by atoms with E-state index in [4.69, 9.17) is 4.98 Å². The zero-order chi connectivity index (χ0) is 33.0. The lowest BCUT2D eigenvalue weighted by Gasteiger charge is -2.14. The highest BCUT2D eigenvalue weighted by Gasteiger charge is 2.13. The fourth-order valence-corrected chi connectivity index (χ4v) is 6.09. The normalized spacial score (nSPS) is 11.0. The largest absolute Gasteiger partial charge is 0.261 e. The Morgan fingerprint density at radius 1 is 0.327 bits per heavy atom. The van der Waals surface area contributed by atoms with Crippen molar-refractivity contribution in [2.45, 2.75) is 6.92 Å². The SMILES string of the molecule is Cc1ccc(-c2ccc(-c3cc(-c4ccc(-c5ncccn5)cc4)cc(-c4cc(-c5ccccc5)nc(-c5ccccc5)c4)c3)cc2)cn1. The Kier molecular flexibility index (Phi) is 8.11. The van der Waals surface area contributed by atoms with Crippen LogP contribution in [0.5, 0.6) is 0 Å². The van der Waals surface area contributed by atoms with Crippen LogP contribution in [0.4, 0.5) is 0 Å². The minimum absolute atomic E-state index is 0.714. The van der Waals surface area contributed by atoms with Crippen molar-refractivity contribution >= 4 is 0 Å². The van der Waals surface area contributed by atoms with E-state index in [-0.39, 0.29) is 0 Å². The van der Waals surface area contributed by atoms with E-state index in [9.17, 15) is 0 Å². The average Bonchev–Trinajstić information content (AvgIpc) is 3.19. The zero-order valence-electron chi connectivity index (χ0n) is 27.0. The smallest absolute Gasteiger partial charge is 0.159 e. The summed E-state index contributed by atoms with van der Waals surface area (Å²) in [6.07, 6.45) is 5.48. The number of benzene rings is 5. The molecule has 4 heteroatoms. The molecule has 0 atom stereocenters. The number of rotatable bonds is 7. The Morgan fingerprint density at radius 2 is 0.755 bits per heavy atom. The summed E-state index contributed by atoms with van der Waals surface area (Å²) in [7, 11) is 0. The lowest BCUT2D eigenvalue weighted by Crippen LogP contribution is -1.92. The minimum Gasteiger partial charge on any atom is -0.261 e. The molecule has 8 rings (SSSR count). The standard InChI is InChI=1S/C45H32N4/c1-31-13-14-38(30-48-31)32-15-17-33(18-16-32)39-25-40(34-19-21-37(22-20-34)45-46-23-8-24-47-45)27-41(26-39)42-28-43(35-9-4-2-5-10-35)49-44(29-42)36-11-6-3-7-12-36/h2-30H,1H3. The molecule has 0 N–H and O–H groups in total. The van der Waals surface area contributed by atoms with E-state index in [2.05, 4.69) is 154 Å². The molecule has 0 amide bonds. The van der Waals surface area contributed by atoms with Crippen molar-refractivity contribution in [3.8, 4) is 78.4 Å². The number of aromatic nitrogens is 4. The summed E-state index contributed by atoms with van der Waals surface area (Å²) >= 11 is 0. The molecule has 232 valence electrons. The quantitative estimate of drug-likeness (QED) is 0.176. The molecular formula is C45H32N4. The van der Waals surface area contributed by atoms with Gasteiger partial charge >= 0.3 is 0 Å². The van der Waals surface area contributed by atoms with Crippen molar-refractivity contribution < 1.29 is 0 Å². The first-order valence-corrected chi connectivity index (χ1v) is 16.4. The molecule has 3 aromatic heterocycles. The average molecular weight is 629 g/mol. The van der Waals surface area contributed by atoms with Crippen LogP contribution in [0, 0.1) is 6.92 Å². The van der Waals surface area contributed by atoms with E-state index in [1.165, 1.54) is 0 Å². The van der Waals surface area contributed by atoms with Gasteiger partial charge in [0.25, 0.3) is 0 Å². The molecule has 5 aromatic carbocycles. The number of hydrogen-bond donors (Lipinski definition) is 0. The van der Waals surface area contributed by atoms with Crippen LogP contribution in [0.3, 0.4) is 0 Å². The molecule has 49 heavy (non-hydrogen) atoms. The predicted molar refractivity (Wildman–Crippen MR) is 200 cm³/mol. The second-order valence-corrected chi connectivity index (χ2v) is 12.1. The molecule has 0 fully saturated rings. The van der Waals surface area contributed by atoms with E-state index >= 15 is 0 Å². The van der Waals surface area contributed by atoms with Crippen molar-refractivity contribution in [3.63, 3.8) is 0 Å². The lowest BCUT2D eigenvalue weighted by atomic mass is 9.91. The minimum atomic E-state index is 0.714. The van der Waals surface area contributed by atoms with Crippen LogP contribution in [-0.2, 0) is 0 Å². The zero-order valence-corrected chi connectivity index (χ0v) is 27.0. The van der Waals surface area contributed by atoms with Gasteiger partial charge in [0.2, 0.25) is 0 Å². The van der Waals surface area contributed by atoms with Crippen LogP contribution < -0.4 is 0 Å². The molecule has 0 saturated heterocycles. The van der Waals surface area contributed by atoms with Gasteiger partial charge in [-0.2, -0.15) is 0 Å². The molecule has 0 aliphatic rings. The van der Waals surface area contributed by atoms with E-state index < -0.39 is 0 Å². The van der Waals surface area contributed by atoms with Gasteiger partial charge in [0, 0.05) is 46.5 Å². The monoisotopic (exact) mass is 628 g/mol. The number of hydrogen-bond acceptors (Lipinski definition) is 4. The van der Waals surface area contributed by atoms with E-state index in [1.807, 2.05) is 31.3 Å². The maximum atomic E-state index is 5.13. The van der Waals surface area contributed by atoms with Gasteiger partial charge in [-0.1, -0.05) is 115 Å². The highest BCUT2D eigenvalue weighted by Crippen LogP contribution is 2.37. The molecule has 0 unspecified atom stereocenters. The molecular weight excluding hydrogens is 597 g/mol. The van der Waals surface area contributed by atoms with Crippen LogP contribution in [0.25, 0.3) is 78.4 Å². The summed E-state index contributed by atoms with van der Waals surface area (Å²) in [5.74, 6) is 0.714. The predicted octanol–water partition coefficient (Wildman–Crippen LogP) is 11.2. The molecule has 0 spiro atoms. The maximum absolute atomic E-state index is 5.13. The summed E-state index contributed by atoms with van der Waals surface area (Å²) in [4.78, 5) is 18.5. The Balaban J connectivity index is 1.27. The second-order valence-electron chi connectivity index (χ2n) is 12.1. The van der Waals surface area contributed by atoms with Crippen LogP contribution in [0.2, 0.25) is 0 Å². The van der Waals surface area contributed by atoms with Crippen LogP contribution in [0.1, 0.15) is 5.69 Å². The van der Waals surface area contributed by atoms with Crippen LogP contribution in [-0.4, -0.2) is 19.9 Å². The fourth-order valence-electron chi connectivity index (χ4n) is 6.09.